The summed E-state index contributed by atoms with van der Waals surface area (Å²) in [6, 6.07) is -0.418. The number of aliphatic carboxylic acids is 1. The SMILES string of the molecule is C=C(CC)NC(CCC(=O)O)C(C)=O. The highest BCUT2D eigenvalue weighted by molar-refractivity contribution is 5.82. The number of carbonyl (C=O) groups excluding carboxylic acids is 1. The maximum absolute atomic E-state index is 11.1. The van der Waals surface area contributed by atoms with Crippen LogP contribution in [0.4, 0.5) is 0 Å². The Balaban J connectivity index is 4.09. The summed E-state index contributed by atoms with van der Waals surface area (Å²) in [7, 11) is 0. The van der Waals surface area contributed by atoms with E-state index in [9.17, 15) is 9.59 Å². The zero-order chi connectivity index (χ0) is 11.1. The molecule has 1 unspecified atom stereocenters. The van der Waals surface area contributed by atoms with E-state index in [0.717, 1.165) is 12.1 Å². The molecule has 0 heterocycles. The van der Waals surface area contributed by atoms with Gasteiger partial charge in [0.15, 0.2) is 5.78 Å². The molecule has 0 aromatic carbocycles. The fraction of sp³-hybridized carbons (Fsp3) is 0.600. The summed E-state index contributed by atoms with van der Waals surface area (Å²) in [4.78, 5) is 21.4. The fourth-order valence-electron chi connectivity index (χ4n) is 0.993. The Morgan fingerprint density at radius 2 is 2.07 bits per heavy atom. The van der Waals surface area contributed by atoms with E-state index >= 15 is 0 Å². The van der Waals surface area contributed by atoms with Crippen LogP contribution in [0.5, 0.6) is 0 Å². The van der Waals surface area contributed by atoms with Gasteiger partial charge in [-0.2, -0.15) is 0 Å². The van der Waals surface area contributed by atoms with Crippen LogP contribution < -0.4 is 5.32 Å². The van der Waals surface area contributed by atoms with Crippen molar-refractivity contribution in [2.24, 2.45) is 0 Å². The molecule has 0 aromatic heterocycles. The lowest BCUT2D eigenvalue weighted by atomic mass is 10.1. The molecule has 0 spiro atoms. The normalized spacial score (nSPS) is 11.9. The maximum atomic E-state index is 11.1. The second-order valence-corrected chi connectivity index (χ2v) is 3.20. The van der Waals surface area contributed by atoms with Crippen LogP contribution in [0.1, 0.15) is 33.1 Å². The van der Waals surface area contributed by atoms with Gasteiger partial charge in [-0.15, -0.1) is 0 Å². The lowest BCUT2D eigenvalue weighted by Gasteiger charge is -2.16. The van der Waals surface area contributed by atoms with Crippen LogP contribution in [-0.2, 0) is 9.59 Å². The van der Waals surface area contributed by atoms with Crippen LogP contribution in [0, 0.1) is 0 Å². The van der Waals surface area contributed by atoms with Gasteiger partial charge in [0.2, 0.25) is 0 Å². The predicted octanol–water partition coefficient (Wildman–Crippen LogP) is 1.32. The average molecular weight is 199 g/mol. The van der Waals surface area contributed by atoms with Crippen molar-refractivity contribution in [3.8, 4) is 0 Å². The molecule has 0 saturated heterocycles. The number of Topliss-reactive ketones (excluding diaryl/α,β-unsaturated/α-hetero) is 1. The van der Waals surface area contributed by atoms with Gasteiger partial charge in [0.05, 0.1) is 6.04 Å². The molecule has 0 aliphatic carbocycles. The van der Waals surface area contributed by atoms with Crippen molar-refractivity contribution in [1.29, 1.82) is 0 Å². The maximum Gasteiger partial charge on any atom is 0.303 e. The summed E-state index contributed by atoms with van der Waals surface area (Å²) in [6.07, 6.45) is 1.04. The molecule has 0 amide bonds. The van der Waals surface area contributed by atoms with E-state index in [0.29, 0.717) is 6.42 Å². The van der Waals surface area contributed by atoms with Crippen molar-refractivity contribution in [2.75, 3.05) is 0 Å². The average Bonchev–Trinajstić information content (AvgIpc) is 2.10. The summed E-state index contributed by atoms with van der Waals surface area (Å²) in [5.74, 6) is -0.944. The van der Waals surface area contributed by atoms with E-state index < -0.39 is 12.0 Å². The molecule has 0 aromatic rings. The summed E-state index contributed by atoms with van der Waals surface area (Å²) < 4.78 is 0. The van der Waals surface area contributed by atoms with Crippen molar-refractivity contribution in [3.63, 3.8) is 0 Å². The molecular formula is C10H17NO3. The van der Waals surface area contributed by atoms with E-state index in [-0.39, 0.29) is 12.2 Å². The van der Waals surface area contributed by atoms with Gasteiger partial charge in [-0.05, 0) is 19.8 Å². The topological polar surface area (TPSA) is 66.4 Å². The molecular weight excluding hydrogens is 182 g/mol. The highest BCUT2D eigenvalue weighted by Gasteiger charge is 2.15. The quantitative estimate of drug-likeness (QED) is 0.649. The number of carbonyl (C=O) groups is 2. The summed E-state index contributed by atoms with van der Waals surface area (Å²) in [5.41, 5.74) is 0.760. The van der Waals surface area contributed by atoms with Gasteiger partial charge in [-0.25, -0.2) is 0 Å². The van der Waals surface area contributed by atoms with Gasteiger partial charge in [0, 0.05) is 12.1 Å². The van der Waals surface area contributed by atoms with Crippen molar-refractivity contribution < 1.29 is 14.7 Å². The molecule has 4 heteroatoms. The largest absolute Gasteiger partial charge is 0.481 e. The van der Waals surface area contributed by atoms with E-state index in [4.69, 9.17) is 5.11 Å². The number of ketones is 1. The van der Waals surface area contributed by atoms with Gasteiger partial charge in [-0.3, -0.25) is 9.59 Å². The zero-order valence-electron chi connectivity index (χ0n) is 8.67. The standard InChI is InChI=1S/C10H17NO3/c1-4-7(2)11-9(8(3)12)5-6-10(13)14/h9,11H,2,4-6H2,1,3H3,(H,13,14). The Labute approximate surface area is 84.0 Å². The second kappa shape index (κ2) is 6.18. The molecule has 0 saturated carbocycles. The van der Waals surface area contributed by atoms with E-state index in [1.807, 2.05) is 6.92 Å². The van der Waals surface area contributed by atoms with Crippen LogP contribution in [-0.4, -0.2) is 22.9 Å². The molecule has 0 fully saturated rings. The Morgan fingerprint density at radius 3 is 2.43 bits per heavy atom. The van der Waals surface area contributed by atoms with E-state index in [2.05, 4.69) is 11.9 Å². The Kier molecular flexibility index (Phi) is 5.60. The van der Waals surface area contributed by atoms with Crippen LogP contribution in [0.2, 0.25) is 0 Å². The summed E-state index contributed by atoms with van der Waals surface area (Å²) in [5, 5.41) is 11.4. The first-order chi connectivity index (χ1) is 6.47. The number of carboxylic acid groups (broad SMARTS) is 1. The summed E-state index contributed by atoms with van der Waals surface area (Å²) >= 11 is 0. The van der Waals surface area contributed by atoms with Gasteiger partial charge < -0.3 is 10.4 Å². The first-order valence-corrected chi connectivity index (χ1v) is 4.64. The molecule has 0 bridgehead atoms. The van der Waals surface area contributed by atoms with Crippen molar-refractivity contribution in [1.82, 2.24) is 5.32 Å². The predicted molar refractivity (Wildman–Crippen MR) is 53.9 cm³/mol. The first kappa shape index (κ1) is 12.7. The number of carboxylic acids is 1. The van der Waals surface area contributed by atoms with Crippen LogP contribution in [0.3, 0.4) is 0 Å². The van der Waals surface area contributed by atoms with Crippen molar-refractivity contribution in [2.45, 2.75) is 39.2 Å². The number of rotatable bonds is 7. The third-order valence-electron chi connectivity index (χ3n) is 1.94. The minimum absolute atomic E-state index is 0.00571. The number of allylic oxidation sites excluding steroid dienone is 1. The third kappa shape index (κ3) is 5.35. The fourth-order valence-corrected chi connectivity index (χ4v) is 0.993. The van der Waals surface area contributed by atoms with Crippen molar-refractivity contribution in [3.05, 3.63) is 12.3 Å². The Hall–Kier alpha value is -1.32. The molecule has 0 radical (unpaired) electrons. The highest BCUT2D eigenvalue weighted by atomic mass is 16.4. The lowest BCUT2D eigenvalue weighted by Crippen LogP contribution is -2.34. The number of hydrogen-bond acceptors (Lipinski definition) is 3. The van der Waals surface area contributed by atoms with Crippen LogP contribution in [0.15, 0.2) is 12.3 Å². The monoisotopic (exact) mass is 199 g/mol. The first-order valence-electron chi connectivity index (χ1n) is 4.64. The Bertz CT molecular complexity index is 236. The van der Waals surface area contributed by atoms with Gasteiger partial charge in [0.1, 0.15) is 0 Å². The Morgan fingerprint density at radius 1 is 1.50 bits per heavy atom. The minimum Gasteiger partial charge on any atom is -0.481 e. The van der Waals surface area contributed by atoms with Crippen molar-refractivity contribution >= 4 is 11.8 Å². The number of hydrogen-bond donors (Lipinski definition) is 2. The van der Waals surface area contributed by atoms with E-state index in [1.165, 1.54) is 6.92 Å². The molecule has 0 rings (SSSR count). The van der Waals surface area contributed by atoms with Gasteiger partial charge >= 0.3 is 5.97 Å². The third-order valence-corrected chi connectivity index (χ3v) is 1.94. The van der Waals surface area contributed by atoms with Gasteiger partial charge in [0.25, 0.3) is 0 Å². The van der Waals surface area contributed by atoms with Crippen LogP contribution >= 0.6 is 0 Å². The molecule has 14 heavy (non-hydrogen) atoms. The highest BCUT2D eigenvalue weighted by Crippen LogP contribution is 2.03. The molecule has 0 aliphatic heterocycles. The second-order valence-electron chi connectivity index (χ2n) is 3.20. The lowest BCUT2D eigenvalue weighted by molar-refractivity contribution is -0.137. The smallest absolute Gasteiger partial charge is 0.303 e. The zero-order valence-corrected chi connectivity index (χ0v) is 8.67. The van der Waals surface area contributed by atoms with E-state index in [1.54, 1.807) is 0 Å². The molecule has 0 aliphatic rings. The van der Waals surface area contributed by atoms with Gasteiger partial charge in [-0.1, -0.05) is 13.5 Å². The summed E-state index contributed by atoms with van der Waals surface area (Å²) in [6.45, 7) is 7.08. The molecule has 2 N–H and O–H groups in total. The van der Waals surface area contributed by atoms with Crippen LogP contribution in [0.25, 0.3) is 0 Å². The molecule has 4 nitrogen and oxygen atoms in total. The minimum atomic E-state index is -0.889. The molecule has 80 valence electrons. The number of nitrogens with one attached hydrogen (secondary N) is 1. The molecule has 1 atom stereocenters.